The Morgan fingerprint density at radius 3 is 2.62 bits per heavy atom. The van der Waals surface area contributed by atoms with Gasteiger partial charge in [0.1, 0.15) is 5.03 Å². The van der Waals surface area contributed by atoms with Crippen LogP contribution in [0.25, 0.3) is 11.4 Å². The summed E-state index contributed by atoms with van der Waals surface area (Å²) in [5, 5.41) is 5.57. The summed E-state index contributed by atoms with van der Waals surface area (Å²) in [4.78, 5) is 37.2. The highest BCUT2D eigenvalue weighted by atomic mass is 32.2. The van der Waals surface area contributed by atoms with Crippen molar-refractivity contribution in [3.05, 3.63) is 53.2 Å². The van der Waals surface area contributed by atoms with Gasteiger partial charge in [0.25, 0.3) is 0 Å². The first-order valence-corrected chi connectivity index (χ1v) is 9.68. The third kappa shape index (κ3) is 4.33. The fourth-order valence-corrected chi connectivity index (χ4v) is 3.82. The number of nitrogens with one attached hydrogen (secondary N) is 1. The summed E-state index contributed by atoms with van der Waals surface area (Å²) in [7, 11) is 0. The number of benzene rings is 1. The van der Waals surface area contributed by atoms with Crippen LogP contribution in [0, 0.1) is 6.92 Å². The Kier molecular flexibility index (Phi) is 5.75. The predicted molar refractivity (Wildman–Crippen MR) is 104 cm³/mol. The molecule has 1 N–H and O–H groups in total. The summed E-state index contributed by atoms with van der Waals surface area (Å²) in [5.41, 5.74) is 1.92. The lowest BCUT2D eigenvalue weighted by Crippen LogP contribution is -2.15. The van der Waals surface area contributed by atoms with Gasteiger partial charge in [-0.15, -0.1) is 11.3 Å². The molecule has 0 unspecified atom stereocenters. The van der Waals surface area contributed by atoms with Crippen LogP contribution in [0.5, 0.6) is 0 Å². The number of hydrogen-bond donors (Lipinski definition) is 1. The topological polar surface area (TPSA) is 84.8 Å². The zero-order valence-corrected chi connectivity index (χ0v) is 15.9. The van der Waals surface area contributed by atoms with Crippen LogP contribution in [0.3, 0.4) is 0 Å². The van der Waals surface area contributed by atoms with Crippen LogP contribution in [-0.2, 0) is 4.79 Å². The number of carbonyl (C=O) groups excluding carboxylic acids is 2. The number of aromatic nitrogens is 3. The first-order chi connectivity index (χ1) is 12.5. The third-order valence-corrected chi connectivity index (χ3v) is 5.12. The van der Waals surface area contributed by atoms with Crippen LogP contribution in [0.1, 0.15) is 23.0 Å². The molecule has 0 aliphatic carbocycles. The number of anilines is 1. The minimum Gasteiger partial charge on any atom is -0.301 e. The number of thiazole rings is 1. The van der Waals surface area contributed by atoms with Gasteiger partial charge < -0.3 is 5.32 Å². The minimum atomic E-state index is -0.197. The predicted octanol–water partition coefficient (Wildman–Crippen LogP) is 3.84. The van der Waals surface area contributed by atoms with Gasteiger partial charge in [-0.3, -0.25) is 9.59 Å². The number of aryl methyl sites for hydroxylation is 1. The van der Waals surface area contributed by atoms with Gasteiger partial charge in [-0.25, -0.2) is 15.0 Å². The van der Waals surface area contributed by atoms with Crippen molar-refractivity contribution in [1.82, 2.24) is 15.0 Å². The molecule has 0 radical (unpaired) electrons. The van der Waals surface area contributed by atoms with E-state index < -0.39 is 0 Å². The molecular weight excluding hydrogens is 368 g/mol. The summed E-state index contributed by atoms with van der Waals surface area (Å²) in [5.74, 6) is 0.350. The standard InChI is InChI=1S/C18H16N4O2S2/c1-11-15(12(2)23)17(22-16(20-11)13-6-4-3-5-7-13)26-10-14(24)21-18-19-8-9-25-18/h3-9H,10H2,1-2H3,(H,19,21,24). The van der Waals surface area contributed by atoms with Crippen LogP contribution in [0.4, 0.5) is 5.13 Å². The average Bonchev–Trinajstić information content (AvgIpc) is 3.12. The van der Waals surface area contributed by atoms with Crippen LogP contribution in [0.15, 0.2) is 46.9 Å². The average molecular weight is 384 g/mol. The maximum atomic E-state index is 12.1. The number of Topliss-reactive ketones (excluding diaryl/α,β-unsaturated/α-hetero) is 1. The van der Waals surface area contributed by atoms with E-state index in [-0.39, 0.29) is 17.4 Å². The molecule has 0 bridgehead atoms. The van der Waals surface area contributed by atoms with Gasteiger partial charge in [-0.1, -0.05) is 42.1 Å². The zero-order valence-electron chi connectivity index (χ0n) is 14.2. The van der Waals surface area contributed by atoms with E-state index in [1.807, 2.05) is 30.3 Å². The van der Waals surface area contributed by atoms with E-state index in [0.29, 0.717) is 27.2 Å². The second-order valence-corrected chi connectivity index (χ2v) is 7.27. The lowest BCUT2D eigenvalue weighted by Gasteiger charge is -2.11. The summed E-state index contributed by atoms with van der Waals surface area (Å²) < 4.78 is 0. The normalized spacial score (nSPS) is 10.5. The molecule has 132 valence electrons. The molecule has 1 amide bonds. The summed E-state index contributed by atoms with van der Waals surface area (Å²) in [6.07, 6.45) is 1.63. The highest BCUT2D eigenvalue weighted by Gasteiger charge is 2.18. The third-order valence-electron chi connectivity index (χ3n) is 3.46. The van der Waals surface area contributed by atoms with E-state index in [9.17, 15) is 9.59 Å². The van der Waals surface area contributed by atoms with Gasteiger partial charge in [0.05, 0.1) is 17.0 Å². The highest BCUT2D eigenvalue weighted by Crippen LogP contribution is 2.27. The fourth-order valence-electron chi connectivity index (χ4n) is 2.35. The maximum Gasteiger partial charge on any atom is 0.236 e. The van der Waals surface area contributed by atoms with Crippen LogP contribution in [0.2, 0.25) is 0 Å². The van der Waals surface area contributed by atoms with Crippen LogP contribution < -0.4 is 5.32 Å². The molecule has 3 aromatic rings. The van der Waals surface area contributed by atoms with E-state index in [4.69, 9.17) is 0 Å². The Morgan fingerprint density at radius 1 is 1.19 bits per heavy atom. The summed E-state index contributed by atoms with van der Waals surface area (Å²) >= 11 is 2.57. The van der Waals surface area contributed by atoms with Crippen molar-refractivity contribution in [3.63, 3.8) is 0 Å². The number of ketones is 1. The number of thioether (sulfide) groups is 1. The highest BCUT2D eigenvalue weighted by molar-refractivity contribution is 8.00. The van der Waals surface area contributed by atoms with E-state index in [2.05, 4.69) is 20.3 Å². The van der Waals surface area contributed by atoms with E-state index >= 15 is 0 Å². The molecule has 2 heterocycles. The molecule has 0 saturated heterocycles. The molecule has 0 aliphatic rings. The fraction of sp³-hybridized carbons (Fsp3) is 0.167. The second-order valence-electron chi connectivity index (χ2n) is 5.41. The van der Waals surface area contributed by atoms with Gasteiger partial charge in [0.15, 0.2) is 16.7 Å². The number of rotatable bonds is 6. The zero-order chi connectivity index (χ0) is 18.5. The largest absolute Gasteiger partial charge is 0.301 e. The Labute approximate surface area is 159 Å². The number of amides is 1. The SMILES string of the molecule is CC(=O)c1c(C)nc(-c2ccccc2)nc1SCC(=O)Nc1nccs1. The van der Waals surface area contributed by atoms with Gasteiger partial charge in [0.2, 0.25) is 5.91 Å². The van der Waals surface area contributed by atoms with Crippen LogP contribution in [-0.4, -0.2) is 32.4 Å². The quantitative estimate of drug-likeness (QED) is 0.395. The lowest BCUT2D eigenvalue weighted by molar-refractivity contribution is -0.113. The Hall–Kier alpha value is -2.58. The van der Waals surface area contributed by atoms with Gasteiger partial charge in [-0.2, -0.15) is 0 Å². The lowest BCUT2D eigenvalue weighted by atomic mass is 10.1. The van der Waals surface area contributed by atoms with Crippen molar-refractivity contribution in [2.45, 2.75) is 18.9 Å². The Morgan fingerprint density at radius 2 is 1.96 bits per heavy atom. The Balaban J connectivity index is 1.85. The monoisotopic (exact) mass is 384 g/mol. The number of carbonyl (C=O) groups is 2. The number of nitrogens with zero attached hydrogens (tertiary/aromatic N) is 3. The summed E-state index contributed by atoms with van der Waals surface area (Å²) in [6.45, 7) is 3.26. The Bertz CT molecular complexity index is 928. The molecule has 0 saturated carbocycles. The van der Waals surface area contributed by atoms with Crippen molar-refractivity contribution >= 4 is 39.9 Å². The molecule has 2 aromatic heterocycles. The molecule has 3 rings (SSSR count). The van der Waals surface area contributed by atoms with Crippen molar-refractivity contribution < 1.29 is 9.59 Å². The number of hydrogen-bond acceptors (Lipinski definition) is 7. The first kappa shape index (κ1) is 18.2. The van der Waals surface area contributed by atoms with Crippen molar-refractivity contribution in [3.8, 4) is 11.4 Å². The molecule has 0 aliphatic heterocycles. The van der Waals surface area contributed by atoms with Gasteiger partial charge in [0, 0.05) is 17.1 Å². The second kappa shape index (κ2) is 8.20. The van der Waals surface area contributed by atoms with Crippen LogP contribution >= 0.6 is 23.1 Å². The van der Waals surface area contributed by atoms with E-state index in [0.717, 1.165) is 5.56 Å². The van der Waals surface area contributed by atoms with Crippen molar-refractivity contribution in [2.75, 3.05) is 11.1 Å². The molecule has 8 heteroatoms. The first-order valence-electron chi connectivity index (χ1n) is 7.81. The van der Waals surface area contributed by atoms with Gasteiger partial charge in [-0.05, 0) is 13.8 Å². The molecule has 1 aromatic carbocycles. The smallest absolute Gasteiger partial charge is 0.236 e. The minimum absolute atomic E-state index is 0.120. The van der Waals surface area contributed by atoms with Crippen molar-refractivity contribution in [2.24, 2.45) is 0 Å². The van der Waals surface area contributed by atoms with Crippen molar-refractivity contribution in [1.29, 1.82) is 0 Å². The van der Waals surface area contributed by atoms with Gasteiger partial charge >= 0.3 is 0 Å². The molecule has 26 heavy (non-hydrogen) atoms. The summed E-state index contributed by atoms with van der Waals surface area (Å²) in [6, 6.07) is 9.54. The molecular formula is C18H16N4O2S2. The molecule has 0 fully saturated rings. The molecule has 0 atom stereocenters. The van der Waals surface area contributed by atoms with E-state index in [1.165, 1.54) is 30.0 Å². The maximum absolute atomic E-state index is 12.1. The molecule has 6 nitrogen and oxygen atoms in total. The van der Waals surface area contributed by atoms with E-state index in [1.54, 1.807) is 18.5 Å². The molecule has 0 spiro atoms.